The maximum absolute atomic E-state index is 12.2. The second kappa shape index (κ2) is 7.17. The topological polar surface area (TPSA) is 53.6 Å². The molecular formula is C17H25N3O2S. The molecule has 0 saturated carbocycles. The molecule has 0 bridgehead atoms. The monoisotopic (exact) mass is 335 g/mol. The highest BCUT2D eigenvalue weighted by molar-refractivity contribution is 7.80. The van der Waals surface area contributed by atoms with Crippen molar-refractivity contribution in [3.63, 3.8) is 0 Å². The van der Waals surface area contributed by atoms with E-state index in [4.69, 9.17) is 17.0 Å². The number of hydrogen-bond acceptors (Lipinski definition) is 3. The van der Waals surface area contributed by atoms with Crippen LogP contribution in [0.25, 0.3) is 0 Å². The Morgan fingerprint density at radius 1 is 1.52 bits per heavy atom. The van der Waals surface area contributed by atoms with Crippen LogP contribution in [0.3, 0.4) is 0 Å². The lowest BCUT2D eigenvalue weighted by atomic mass is 9.93. The minimum atomic E-state index is -0.0384. The predicted octanol–water partition coefficient (Wildman–Crippen LogP) is 2.06. The van der Waals surface area contributed by atoms with Crippen molar-refractivity contribution in [1.29, 1.82) is 0 Å². The van der Waals surface area contributed by atoms with E-state index < -0.39 is 0 Å². The van der Waals surface area contributed by atoms with Crippen molar-refractivity contribution in [2.24, 2.45) is 0 Å². The summed E-state index contributed by atoms with van der Waals surface area (Å²) < 4.78 is 5.18. The van der Waals surface area contributed by atoms with Crippen LogP contribution in [0.15, 0.2) is 24.3 Å². The van der Waals surface area contributed by atoms with E-state index in [1.165, 1.54) is 0 Å². The summed E-state index contributed by atoms with van der Waals surface area (Å²) in [5, 5.41) is 6.87. The van der Waals surface area contributed by atoms with Crippen LogP contribution in [-0.4, -0.2) is 41.2 Å². The lowest BCUT2D eigenvalue weighted by Crippen LogP contribution is -2.61. The fraction of sp³-hybridized carbons (Fsp3) is 0.529. The number of hydrogen-bond donors (Lipinski definition) is 2. The average molecular weight is 335 g/mol. The van der Waals surface area contributed by atoms with Gasteiger partial charge in [0.2, 0.25) is 5.91 Å². The normalized spacial score (nSPS) is 19.9. The molecule has 5 nitrogen and oxygen atoms in total. The summed E-state index contributed by atoms with van der Waals surface area (Å²) in [6, 6.07) is 7.90. The molecule has 2 N–H and O–H groups in total. The van der Waals surface area contributed by atoms with E-state index in [0.717, 1.165) is 17.7 Å². The Morgan fingerprint density at radius 2 is 2.26 bits per heavy atom. The molecule has 1 saturated heterocycles. The molecule has 126 valence electrons. The average Bonchev–Trinajstić information content (AvgIpc) is 2.48. The van der Waals surface area contributed by atoms with Crippen molar-refractivity contribution in [1.82, 2.24) is 15.5 Å². The molecule has 23 heavy (non-hydrogen) atoms. The lowest BCUT2D eigenvalue weighted by molar-refractivity contribution is -0.122. The molecule has 0 aliphatic carbocycles. The Hall–Kier alpha value is -1.82. The van der Waals surface area contributed by atoms with Crippen LogP contribution in [0.2, 0.25) is 0 Å². The van der Waals surface area contributed by atoms with Crippen molar-refractivity contribution in [2.75, 3.05) is 13.7 Å². The van der Waals surface area contributed by atoms with Gasteiger partial charge in [0.05, 0.1) is 13.7 Å². The van der Waals surface area contributed by atoms with Crippen LogP contribution in [0.5, 0.6) is 5.75 Å². The van der Waals surface area contributed by atoms with E-state index in [2.05, 4.69) is 31.4 Å². The van der Waals surface area contributed by atoms with Gasteiger partial charge in [-0.2, -0.15) is 0 Å². The van der Waals surface area contributed by atoms with Crippen LogP contribution >= 0.6 is 12.2 Å². The van der Waals surface area contributed by atoms with Gasteiger partial charge in [0.1, 0.15) is 5.75 Å². The number of rotatable bonds is 5. The highest BCUT2D eigenvalue weighted by Crippen LogP contribution is 2.21. The molecule has 6 heteroatoms. The van der Waals surface area contributed by atoms with Gasteiger partial charge in [0.25, 0.3) is 0 Å². The van der Waals surface area contributed by atoms with Gasteiger partial charge in [-0.15, -0.1) is 0 Å². The molecule has 1 aliphatic rings. The predicted molar refractivity (Wildman–Crippen MR) is 95.4 cm³/mol. The van der Waals surface area contributed by atoms with Gasteiger partial charge >= 0.3 is 0 Å². The van der Waals surface area contributed by atoms with Crippen molar-refractivity contribution in [3.05, 3.63) is 29.8 Å². The number of methoxy groups -OCH3 is 1. The zero-order chi connectivity index (χ0) is 17.0. The molecule has 1 fully saturated rings. The van der Waals surface area contributed by atoms with Crippen molar-refractivity contribution in [2.45, 2.75) is 45.3 Å². The quantitative estimate of drug-likeness (QED) is 0.807. The molecule has 0 unspecified atom stereocenters. The summed E-state index contributed by atoms with van der Waals surface area (Å²) in [6.45, 7) is 7.09. The number of benzene rings is 1. The third kappa shape index (κ3) is 4.82. The summed E-state index contributed by atoms with van der Waals surface area (Å²) in [6.07, 6.45) is 0.941. The first kappa shape index (κ1) is 17.5. The number of nitrogens with one attached hydrogen (secondary N) is 2. The minimum absolute atomic E-state index is 0.0237. The molecule has 1 aromatic rings. The fourth-order valence-electron chi connectivity index (χ4n) is 2.88. The van der Waals surface area contributed by atoms with E-state index in [9.17, 15) is 4.79 Å². The summed E-state index contributed by atoms with van der Waals surface area (Å²) >= 11 is 5.40. The zero-order valence-electron chi connectivity index (χ0n) is 14.2. The van der Waals surface area contributed by atoms with Crippen LogP contribution in [0.1, 0.15) is 32.8 Å². The van der Waals surface area contributed by atoms with Gasteiger partial charge in [-0.05, 0) is 57.1 Å². The van der Waals surface area contributed by atoms with Crippen LogP contribution < -0.4 is 15.4 Å². The molecule has 0 spiro atoms. The number of ether oxygens (including phenoxy) is 1. The second-order valence-corrected chi connectivity index (χ2v) is 7.01. The van der Waals surface area contributed by atoms with E-state index in [1.807, 2.05) is 29.2 Å². The molecule has 1 aliphatic heterocycles. The number of nitrogens with zero attached hydrogens (tertiary/aromatic N) is 1. The molecule has 2 rings (SSSR count). The summed E-state index contributed by atoms with van der Waals surface area (Å²) in [5.41, 5.74) is 0.982. The van der Waals surface area contributed by atoms with Crippen molar-refractivity contribution in [3.8, 4) is 5.75 Å². The van der Waals surface area contributed by atoms with E-state index in [0.29, 0.717) is 11.7 Å². The Bertz CT molecular complexity index is 589. The number of carbonyl (C=O) groups excluding carboxylic acids is 1. The molecule has 1 heterocycles. The molecule has 0 aromatic heterocycles. The van der Waals surface area contributed by atoms with E-state index in [1.54, 1.807) is 7.11 Å². The van der Waals surface area contributed by atoms with Crippen LogP contribution in [0.4, 0.5) is 0 Å². The molecule has 1 amide bonds. The third-order valence-corrected chi connectivity index (χ3v) is 4.32. The number of thiocarbonyl (C=S) groups is 1. The Kier molecular flexibility index (Phi) is 5.46. The highest BCUT2D eigenvalue weighted by atomic mass is 32.1. The smallest absolute Gasteiger partial charge is 0.239 e. The standard InChI is InChI=1S/C17H25N3O2S/c1-12-9-17(2,3)19-16(23)20(12)11-15(21)18-10-13-6-5-7-14(8-13)22-4/h5-8,12H,9-11H2,1-4H3,(H,18,21)(H,19,23)/t12-/m0/s1. The number of amides is 1. The Labute approximate surface area is 143 Å². The SMILES string of the molecule is COc1cccc(CNC(=O)CN2C(=S)NC(C)(C)C[C@@H]2C)c1. The van der Waals surface area contributed by atoms with Gasteiger partial charge in [0.15, 0.2) is 5.11 Å². The first-order chi connectivity index (χ1) is 10.8. The number of carbonyl (C=O) groups is 1. The van der Waals surface area contributed by atoms with Gasteiger partial charge < -0.3 is 20.3 Å². The Balaban J connectivity index is 1.88. The van der Waals surface area contributed by atoms with E-state index >= 15 is 0 Å². The van der Waals surface area contributed by atoms with Crippen molar-refractivity contribution >= 4 is 23.2 Å². The minimum Gasteiger partial charge on any atom is -0.497 e. The van der Waals surface area contributed by atoms with E-state index in [-0.39, 0.29) is 24.0 Å². The third-order valence-electron chi connectivity index (χ3n) is 3.98. The summed E-state index contributed by atoms with van der Waals surface area (Å²) in [5.74, 6) is 0.748. The molecule has 1 atom stereocenters. The fourth-order valence-corrected chi connectivity index (χ4v) is 3.40. The van der Waals surface area contributed by atoms with Crippen LogP contribution in [0, 0.1) is 0 Å². The second-order valence-electron chi connectivity index (χ2n) is 6.62. The maximum Gasteiger partial charge on any atom is 0.239 e. The van der Waals surface area contributed by atoms with Crippen molar-refractivity contribution < 1.29 is 9.53 Å². The molecular weight excluding hydrogens is 310 g/mol. The first-order valence-corrected chi connectivity index (χ1v) is 8.20. The van der Waals surface area contributed by atoms with Gasteiger partial charge in [-0.3, -0.25) is 4.79 Å². The molecule has 1 aromatic carbocycles. The van der Waals surface area contributed by atoms with Gasteiger partial charge in [-0.1, -0.05) is 12.1 Å². The zero-order valence-corrected chi connectivity index (χ0v) is 15.0. The highest BCUT2D eigenvalue weighted by Gasteiger charge is 2.33. The van der Waals surface area contributed by atoms with Crippen LogP contribution in [-0.2, 0) is 11.3 Å². The lowest BCUT2D eigenvalue weighted by Gasteiger charge is -2.44. The van der Waals surface area contributed by atoms with Gasteiger partial charge in [0, 0.05) is 18.1 Å². The first-order valence-electron chi connectivity index (χ1n) is 7.79. The Morgan fingerprint density at radius 3 is 2.91 bits per heavy atom. The molecule has 0 radical (unpaired) electrons. The summed E-state index contributed by atoms with van der Waals surface area (Å²) in [7, 11) is 1.63. The maximum atomic E-state index is 12.2. The van der Waals surface area contributed by atoms with Gasteiger partial charge in [-0.25, -0.2) is 0 Å². The largest absolute Gasteiger partial charge is 0.497 e. The summed E-state index contributed by atoms with van der Waals surface area (Å²) in [4.78, 5) is 14.2.